The SMILES string of the molecule is CC[NH-].CC[NH-].CC[NH-].[F][GeH]([F])[c-]1cccc1.[Zr+4]. The van der Waals surface area contributed by atoms with Crippen molar-refractivity contribution in [1.29, 1.82) is 0 Å². The average Bonchev–Trinajstić information content (AvgIpc) is 2.73. The van der Waals surface area contributed by atoms with Gasteiger partial charge in [0.25, 0.3) is 0 Å². The van der Waals surface area contributed by atoms with Crippen LogP contribution in [0.3, 0.4) is 0 Å². The van der Waals surface area contributed by atoms with Crippen molar-refractivity contribution in [3.63, 3.8) is 0 Å². The standard InChI is InChI=1S/C5H5F2Ge.3C2H6N.Zr/c6-8(7)5-3-1-2-4-5;3*1-2-3;/h1-4,8H;3*3H,2H2,1H3;/q4*-1;+4. The van der Waals surface area contributed by atoms with E-state index < -0.39 is 15.3 Å². The Morgan fingerprint density at radius 1 is 0.889 bits per heavy atom. The van der Waals surface area contributed by atoms with Crippen LogP contribution in [0.1, 0.15) is 20.8 Å². The van der Waals surface area contributed by atoms with Gasteiger partial charge in [-0.3, -0.25) is 0 Å². The second kappa shape index (κ2) is 26.2. The fourth-order valence-electron chi connectivity index (χ4n) is 0.534. The molecular weight excluding hydrogens is 376 g/mol. The van der Waals surface area contributed by atoms with E-state index in [-0.39, 0.29) is 30.6 Å². The van der Waals surface area contributed by atoms with Gasteiger partial charge in [0.1, 0.15) is 0 Å². The van der Waals surface area contributed by atoms with Crippen LogP contribution < -0.4 is 4.40 Å². The van der Waals surface area contributed by atoms with Gasteiger partial charge in [0.15, 0.2) is 0 Å². The largest absolute Gasteiger partial charge is 4.00 e. The number of hydrogen-bond acceptors (Lipinski definition) is 0. The van der Waals surface area contributed by atoms with Crippen molar-refractivity contribution in [3.05, 3.63) is 41.5 Å². The first-order valence-corrected chi connectivity index (χ1v) is 8.53. The Hall–Kier alpha value is 0.516. The van der Waals surface area contributed by atoms with Crippen molar-refractivity contribution in [1.82, 2.24) is 0 Å². The summed E-state index contributed by atoms with van der Waals surface area (Å²) < 4.78 is 23.9. The molecule has 104 valence electrons. The molecule has 0 heterocycles. The molecule has 1 aromatic rings. The van der Waals surface area contributed by atoms with Gasteiger partial charge in [-0.1, -0.05) is 20.8 Å². The molecule has 3 N–H and O–H groups in total. The van der Waals surface area contributed by atoms with E-state index in [9.17, 15) is 7.00 Å². The minimum absolute atomic E-state index is 0. The van der Waals surface area contributed by atoms with Crippen molar-refractivity contribution in [2.75, 3.05) is 19.6 Å². The van der Waals surface area contributed by atoms with Crippen LogP contribution in [0, 0.1) is 0 Å². The number of halogens is 2. The van der Waals surface area contributed by atoms with E-state index in [4.69, 9.17) is 17.2 Å². The summed E-state index contributed by atoms with van der Waals surface area (Å²) >= 11 is -3.89. The minimum Gasteiger partial charge on any atom is 4.00 e. The van der Waals surface area contributed by atoms with Gasteiger partial charge >= 0.3 is 77.1 Å². The summed E-state index contributed by atoms with van der Waals surface area (Å²) in [7, 11) is 0. The van der Waals surface area contributed by atoms with Gasteiger partial charge in [-0.25, -0.2) is 0 Å². The van der Waals surface area contributed by atoms with E-state index in [1.54, 1.807) is 32.9 Å². The Bertz CT molecular complexity index is 195. The second-order valence-corrected chi connectivity index (χ2v) is 5.24. The maximum Gasteiger partial charge on any atom is 4.00 e. The molecule has 0 saturated carbocycles. The number of hydrogen-bond donors (Lipinski definition) is 0. The first-order chi connectivity index (χ1) is 8.05. The first kappa shape index (κ1) is 27.0. The molecule has 1 rings (SSSR count). The van der Waals surface area contributed by atoms with Gasteiger partial charge in [-0.15, -0.1) is 0 Å². The van der Waals surface area contributed by atoms with Gasteiger partial charge in [-0.05, 0) is 0 Å². The molecule has 0 spiro atoms. The third kappa shape index (κ3) is 30.0. The van der Waals surface area contributed by atoms with Crippen molar-refractivity contribution in [2.24, 2.45) is 0 Å². The van der Waals surface area contributed by atoms with Crippen LogP contribution in [-0.4, -0.2) is 34.9 Å². The minimum atomic E-state index is -3.89. The molecule has 0 aromatic heterocycles. The van der Waals surface area contributed by atoms with Crippen LogP contribution in [-0.2, 0) is 26.2 Å². The van der Waals surface area contributed by atoms with Gasteiger partial charge in [0.05, 0.1) is 0 Å². The van der Waals surface area contributed by atoms with E-state index in [0.717, 1.165) is 0 Å². The van der Waals surface area contributed by atoms with Crippen LogP contribution >= 0.6 is 0 Å². The summed E-state index contributed by atoms with van der Waals surface area (Å²) in [6.45, 7) is 6.88. The zero-order valence-electron chi connectivity index (χ0n) is 11.3. The van der Waals surface area contributed by atoms with Crippen LogP contribution in [0.25, 0.3) is 17.2 Å². The van der Waals surface area contributed by atoms with E-state index >= 15 is 0 Å². The maximum atomic E-state index is 11.8. The molecular formula is C11H23F2GeN3Zr. The van der Waals surface area contributed by atoms with Gasteiger partial charge < -0.3 is 17.2 Å². The molecule has 0 aliphatic carbocycles. The summed E-state index contributed by atoms with van der Waals surface area (Å²) in [4.78, 5) is 0. The van der Waals surface area contributed by atoms with E-state index in [0.29, 0.717) is 19.6 Å². The quantitative estimate of drug-likeness (QED) is 0.507. The molecule has 0 amide bonds. The molecule has 1 aromatic carbocycles. The molecule has 3 nitrogen and oxygen atoms in total. The first-order valence-electron chi connectivity index (χ1n) is 5.48. The molecule has 0 atom stereocenters. The third-order valence-corrected chi connectivity index (χ3v) is 2.81. The second-order valence-electron chi connectivity index (χ2n) is 2.58. The van der Waals surface area contributed by atoms with Gasteiger partial charge in [0, 0.05) is 0 Å². The monoisotopic (exact) mass is 399 g/mol. The summed E-state index contributed by atoms with van der Waals surface area (Å²) in [5, 5.41) is 0. The van der Waals surface area contributed by atoms with Crippen molar-refractivity contribution in [3.8, 4) is 0 Å². The molecule has 18 heavy (non-hydrogen) atoms. The summed E-state index contributed by atoms with van der Waals surface area (Å²) in [5.74, 6) is 0. The van der Waals surface area contributed by atoms with Crippen LogP contribution in [0.4, 0.5) is 7.00 Å². The molecule has 0 radical (unpaired) electrons. The van der Waals surface area contributed by atoms with Crippen LogP contribution in [0.2, 0.25) is 0 Å². The zero-order chi connectivity index (χ0) is 14.1. The Kier molecular flexibility index (Phi) is 39.2. The van der Waals surface area contributed by atoms with Crippen LogP contribution in [0.15, 0.2) is 24.3 Å². The molecule has 0 fully saturated rings. The third-order valence-electron chi connectivity index (χ3n) is 0.940. The zero-order valence-corrected chi connectivity index (χ0v) is 16.1. The van der Waals surface area contributed by atoms with E-state index in [2.05, 4.69) is 0 Å². The number of nitrogens with one attached hydrogen (secondary N) is 3. The topological polar surface area (TPSA) is 71.4 Å². The van der Waals surface area contributed by atoms with Crippen molar-refractivity contribution in [2.45, 2.75) is 20.8 Å². The summed E-state index contributed by atoms with van der Waals surface area (Å²) in [6.07, 6.45) is 0. The molecule has 0 aliphatic rings. The molecule has 0 aliphatic heterocycles. The predicted octanol–water partition coefficient (Wildman–Crippen LogP) is 3.95. The van der Waals surface area contributed by atoms with Crippen molar-refractivity contribution < 1.29 is 33.2 Å². The Balaban J connectivity index is -0.0000000840. The maximum absolute atomic E-state index is 11.8. The van der Waals surface area contributed by atoms with Gasteiger partial charge in [0.2, 0.25) is 0 Å². The van der Waals surface area contributed by atoms with Crippen molar-refractivity contribution >= 4 is 19.7 Å². The Labute approximate surface area is 134 Å². The summed E-state index contributed by atoms with van der Waals surface area (Å²) in [6, 6.07) is 6.27. The number of rotatable bonds is 1. The predicted molar refractivity (Wildman–Crippen MR) is 75.6 cm³/mol. The molecule has 0 saturated heterocycles. The summed E-state index contributed by atoms with van der Waals surface area (Å²) in [5.41, 5.74) is 18.6. The fourth-order valence-corrected chi connectivity index (χ4v) is 1.61. The smallest absolute Gasteiger partial charge is 4.00 e. The van der Waals surface area contributed by atoms with Gasteiger partial charge in [-0.2, -0.15) is 19.6 Å². The Morgan fingerprint density at radius 3 is 1.22 bits per heavy atom. The molecule has 0 unspecified atom stereocenters. The van der Waals surface area contributed by atoms with E-state index in [1.807, 2.05) is 0 Å². The normalized spacial score (nSPS) is 7.61. The van der Waals surface area contributed by atoms with Crippen LogP contribution in [0.5, 0.6) is 0 Å². The Morgan fingerprint density at radius 2 is 1.11 bits per heavy atom. The molecule has 7 heteroatoms. The molecule has 0 bridgehead atoms. The average molecular weight is 399 g/mol. The fraction of sp³-hybridized carbons (Fsp3) is 0.545. The van der Waals surface area contributed by atoms with E-state index in [1.165, 1.54) is 12.1 Å².